The smallest absolute Gasteiger partial charge is 0.273 e. The van der Waals surface area contributed by atoms with Crippen LogP contribution in [0, 0.1) is 17.0 Å². The maximum Gasteiger partial charge on any atom is 0.273 e. The van der Waals surface area contributed by atoms with E-state index < -0.39 is 16.7 Å². The number of pyridine rings is 1. The van der Waals surface area contributed by atoms with Gasteiger partial charge in [0.2, 0.25) is 0 Å². The van der Waals surface area contributed by atoms with Gasteiger partial charge in [0.15, 0.2) is 5.76 Å². The van der Waals surface area contributed by atoms with Crippen molar-refractivity contribution in [1.29, 1.82) is 0 Å². The molecule has 154 valence electrons. The van der Waals surface area contributed by atoms with Crippen LogP contribution < -0.4 is 10.9 Å². The number of nitrogens with zero attached hydrogens (tertiary/aromatic N) is 2. The summed E-state index contributed by atoms with van der Waals surface area (Å²) in [6.45, 7) is 1.58. The average Bonchev–Trinajstić information content (AvgIpc) is 3.31. The van der Waals surface area contributed by atoms with E-state index in [2.05, 4.69) is 15.8 Å². The number of rotatable bonds is 4. The third-order valence-corrected chi connectivity index (χ3v) is 4.69. The van der Waals surface area contributed by atoms with E-state index in [0.717, 1.165) is 6.07 Å². The number of nitro groups is 1. The fraction of sp³-hybridized carbons (Fsp3) is 0.0455. The number of aromatic nitrogens is 1. The number of fused-ring (bicyclic) bond motifs is 1. The highest BCUT2D eigenvalue weighted by Crippen LogP contribution is 2.25. The number of nitro benzene ring substituents is 1. The fourth-order valence-corrected chi connectivity index (χ4v) is 3.11. The topological polar surface area (TPSA) is 127 Å². The van der Waals surface area contributed by atoms with Crippen LogP contribution in [0.1, 0.15) is 26.3 Å². The fourth-order valence-electron chi connectivity index (χ4n) is 3.11. The van der Waals surface area contributed by atoms with Crippen molar-refractivity contribution >= 4 is 28.4 Å². The predicted molar refractivity (Wildman–Crippen MR) is 112 cm³/mol. The van der Waals surface area contributed by atoms with Crippen molar-refractivity contribution in [2.45, 2.75) is 6.92 Å². The van der Waals surface area contributed by atoms with Crippen LogP contribution in [-0.4, -0.2) is 21.7 Å². The van der Waals surface area contributed by atoms with Crippen molar-refractivity contribution in [2.24, 2.45) is 0 Å². The normalized spacial score (nSPS) is 10.6. The molecule has 2 amide bonds. The molecule has 0 radical (unpaired) electrons. The Bertz CT molecular complexity index is 1310. The Morgan fingerprint density at radius 2 is 1.77 bits per heavy atom. The van der Waals surface area contributed by atoms with E-state index in [0.29, 0.717) is 27.9 Å². The van der Waals surface area contributed by atoms with Crippen molar-refractivity contribution in [3.63, 3.8) is 0 Å². The molecule has 4 rings (SSSR count). The number of carbonyl (C=O) groups excluding carboxylic acids is 2. The first-order chi connectivity index (χ1) is 14.9. The molecule has 0 saturated heterocycles. The van der Waals surface area contributed by atoms with Crippen LogP contribution in [0.25, 0.3) is 22.4 Å². The highest BCUT2D eigenvalue weighted by Gasteiger charge is 2.18. The first-order valence-corrected chi connectivity index (χ1v) is 9.23. The molecule has 2 aromatic carbocycles. The van der Waals surface area contributed by atoms with E-state index >= 15 is 0 Å². The van der Waals surface area contributed by atoms with Crippen LogP contribution in [0.4, 0.5) is 5.69 Å². The molecule has 0 aliphatic carbocycles. The third kappa shape index (κ3) is 3.97. The lowest BCUT2D eigenvalue weighted by molar-refractivity contribution is -0.385. The number of carbonyl (C=O) groups is 2. The maximum absolute atomic E-state index is 12.9. The Morgan fingerprint density at radius 3 is 2.52 bits per heavy atom. The van der Waals surface area contributed by atoms with Gasteiger partial charge in [0.25, 0.3) is 17.5 Å². The summed E-state index contributed by atoms with van der Waals surface area (Å²) in [5.74, 6) is -0.752. The second kappa shape index (κ2) is 8.07. The molecule has 4 aromatic rings. The number of hydrogen-bond donors (Lipinski definition) is 2. The van der Waals surface area contributed by atoms with Gasteiger partial charge in [0, 0.05) is 22.6 Å². The van der Waals surface area contributed by atoms with E-state index in [4.69, 9.17) is 4.42 Å². The zero-order chi connectivity index (χ0) is 22.0. The molecular formula is C22H16N4O5. The summed E-state index contributed by atoms with van der Waals surface area (Å²) in [7, 11) is 0. The molecular weight excluding hydrogens is 400 g/mol. The van der Waals surface area contributed by atoms with Crippen LogP contribution in [0.2, 0.25) is 0 Å². The van der Waals surface area contributed by atoms with E-state index in [1.165, 1.54) is 18.4 Å². The van der Waals surface area contributed by atoms with Gasteiger partial charge in [-0.1, -0.05) is 24.3 Å². The molecule has 0 bridgehead atoms. The summed E-state index contributed by atoms with van der Waals surface area (Å²) in [5, 5.41) is 11.7. The molecule has 2 N–H and O–H groups in total. The standard InChI is InChI=1S/C22H16N4O5/c1-13-8-9-14(11-19(13)26(29)30)21(27)24-25-22(28)16-12-18(20-7-4-10-31-20)23-17-6-3-2-5-15(16)17/h2-12H,1H3,(H,24,27)(H,25,28). The van der Waals surface area contributed by atoms with E-state index in [1.54, 1.807) is 49.4 Å². The second-order valence-electron chi connectivity index (χ2n) is 6.72. The SMILES string of the molecule is Cc1ccc(C(=O)NNC(=O)c2cc(-c3ccco3)nc3ccccc23)cc1[N+](=O)[O-]. The number of amides is 2. The molecule has 0 aliphatic heterocycles. The third-order valence-electron chi connectivity index (χ3n) is 4.69. The molecule has 2 heterocycles. The minimum atomic E-state index is -0.680. The Morgan fingerprint density at radius 1 is 1.00 bits per heavy atom. The van der Waals surface area contributed by atoms with Gasteiger partial charge in [-0.3, -0.25) is 30.6 Å². The number of hydrogen-bond acceptors (Lipinski definition) is 6. The zero-order valence-corrected chi connectivity index (χ0v) is 16.3. The summed E-state index contributed by atoms with van der Waals surface area (Å²) in [6.07, 6.45) is 1.51. The number of aryl methyl sites for hydroxylation is 1. The lowest BCUT2D eigenvalue weighted by Crippen LogP contribution is -2.41. The highest BCUT2D eigenvalue weighted by atomic mass is 16.6. The van der Waals surface area contributed by atoms with Crippen LogP contribution in [0.5, 0.6) is 0 Å². The molecule has 9 nitrogen and oxygen atoms in total. The maximum atomic E-state index is 12.9. The molecule has 0 unspecified atom stereocenters. The number of nitrogens with one attached hydrogen (secondary N) is 2. The molecule has 0 fully saturated rings. The Labute approximate surface area is 175 Å². The van der Waals surface area contributed by atoms with Crippen LogP contribution in [0.3, 0.4) is 0 Å². The predicted octanol–water partition coefficient (Wildman–Crippen LogP) is 3.79. The van der Waals surface area contributed by atoms with Gasteiger partial charge < -0.3 is 4.42 Å². The van der Waals surface area contributed by atoms with Crippen LogP contribution in [0.15, 0.2) is 71.3 Å². The summed E-state index contributed by atoms with van der Waals surface area (Å²) in [6, 6.07) is 16.2. The average molecular weight is 416 g/mol. The lowest BCUT2D eigenvalue weighted by Gasteiger charge is -2.11. The van der Waals surface area contributed by atoms with Gasteiger partial charge in [0.1, 0.15) is 5.69 Å². The van der Waals surface area contributed by atoms with Gasteiger partial charge in [0.05, 0.1) is 22.3 Å². The molecule has 2 aromatic heterocycles. The molecule has 0 atom stereocenters. The van der Waals surface area contributed by atoms with Crippen molar-refractivity contribution in [3.8, 4) is 11.5 Å². The van der Waals surface area contributed by atoms with E-state index in [9.17, 15) is 19.7 Å². The molecule has 0 saturated carbocycles. The summed E-state index contributed by atoms with van der Waals surface area (Å²) >= 11 is 0. The van der Waals surface area contributed by atoms with Crippen molar-refractivity contribution < 1.29 is 18.9 Å². The number of benzene rings is 2. The number of hydrazine groups is 1. The van der Waals surface area contributed by atoms with Crippen LogP contribution in [-0.2, 0) is 0 Å². The second-order valence-corrected chi connectivity index (χ2v) is 6.72. The van der Waals surface area contributed by atoms with E-state index in [-0.39, 0.29) is 16.8 Å². The quantitative estimate of drug-likeness (QED) is 0.385. The summed E-state index contributed by atoms with van der Waals surface area (Å²) < 4.78 is 5.38. The Hall–Kier alpha value is -4.53. The summed E-state index contributed by atoms with van der Waals surface area (Å²) in [4.78, 5) is 40.3. The van der Waals surface area contributed by atoms with Crippen molar-refractivity contribution in [1.82, 2.24) is 15.8 Å². The van der Waals surface area contributed by atoms with Crippen molar-refractivity contribution in [3.05, 3.63) is 93.7 Å². The monoisotopic (exact) mass is 416 g/mol. The zero-order valence-electron chi connectivity index (χ0n) is 16.3. The van der Waals surface area contributed by atoms with Gasteiger partial charge in [-0.05, 0) is 37.3 Å². The minimum Gasteiger partial charge on any atom is -0.463 e. The van der Waals surface area contributed by atoms with Gasteiger partial charge in [-0.15, -0.1) is 0 Å². The molecule has 9 heteroatoms. The molecule has 0 spiro atoms. The first kappa shape index (κ1) is 19.8. The Kier molecular flexibility index (Phi) is 5.15. The number of para-hydroxylation sites is 1. The highest BCUT2D eigenvalue weighted by molar-refractivity contribution is 6.08. The van der Waals surface area contributed by atoms with E-state index in [1.807, 2.05) is 0 Å². The van der Waals surface area contributed by atoms with Crippen molar-refractivity contribution in [2.75, 3.05) is 0 Å². The summed E-state index contributed by atoms with van der Waals surface area (Å²) in [5.41, 5.74) is 6.29. The van der Waals surface area contributed by atoms with Crippen LogP contribution >= 0.6 is 0 Å². The first-order valence-electron chi connectivity index (χ1n) is 9.23. The Balaban J connectivity index is 1.60. The minimum absolute atomic E-state index is 0.0495. The largest absolute Gasteiger partial charge is 0.463 e. The molecule has 0 aliphatic rings. The van der Waals surface area contributed by atoms with Gasteiger partial charge in [-0.25, -0.2) is 4.98 Å². The lowest BCUT2D eigenvalue weighted by atomic mass is 10.1. The van der Waals surface area contributed by atoms with Gasteiger partial charge in [-0.2, -0.15) is 0 Å². The molecule has 31 heavy (non-hydrogen) atoms. The van der Waals surface area contributed by atoms with Gasteiger partial charge >= 0.3 is 0 Å². The number of furan rings is 1.